The number of benzene rings is 1. The summed E-state index contributed by atoms with van der Waals surface area (Å²) >= 11 is 0. The molecule has 0 fully saturated rings. The van der Waals surface area contributed by atoms with Gasteiger partial charge in [0.1, 0.15) is 0 Å². The number of nitrogens with zero attached hydrogens (tertiary/aromatic N) is 1. The number of hydrogen-bond acceptors (Lipinski definition) is 3. The number of phenolic OH excluding ortho intramolecular Hbond substituents is 2. The van der Waals surface area contributed by atoms with Crippen LogP contribution in [0.5, 0.6) is 11.5 Å². The van der Waals surface area contributed by atoms with E-state index in [0.29, 0.717) is 6.42 Å². The summed E-state index contributed by atoms with van der Waals surface area (Å²) in [4.78, 5) is 14.4. The normalized spacial score (nSPS) is 12.1. The number of carbonyl (C=O) groups is 1. The van der Waals surface area contributed by atoms with Gasteiger partial charge in [0.15, 0.2) is 11.5 Å². The predicted octanol–water partition coefficient (Wildman–Crippen LogP) is 3.32. The second kappa shape index (κ2) is 8.55. The van der Waals surface area contributed by atoms with Crippen molar-refractivity contribution in [2.24, 2.45) is 5.92 Å². The molecule has 2 N–H and O–H groups in total. The lowest BCUT2D eigenvalue weighted by Gasteiger charge is -2.25. The van der Waals surface area contributed by atoms with Crippen molar-refractivity contribution in [1.82, 2.24) is 4.90 Å². The van der Waals surface area contributed by atoms with Gasteiger partial charge in [0.05, 0.1) is 0 Å². The Labute approximate surface area is 127 Å². The van der Waals surface area contributed by atoms with Crippen LogP contribution in [0.3, 0.4) is 0 Å². The van der Waals surface area contributed by atoms with E-state index in [2.05, 4.69) is 13.8 Å². The molecule has 1 unspecified atom stereocenters. The molecule has 4 nitrogen and oxygen atoms in total. The minimum absolute atomic E-state index is 0.127. The summed E-state index contributed by atoms with van der Waals surface area (Å²) in [6.07, 6.45) is 3.63. The van der Waals surface area contributed by atoms with Crippen LogP contribution in [-0.2, 0) is 11.2 Å². The average Bonchev–Trinajstić information content (AvgIpc) is 2.46. The van der Waals surface area contributed by atoms with E-state index < -0.39 is 0 Å². The second-order valence-electron chi connectivity index (χ2n) is 5.61. The number of aromatic hydroxyl groups is 2. The van der Waals surface area contributed by atoms with Crippen LogP contribution in [0.2, 0.25) is 0 Å². The monoisotopic (exact) mass is 293 g/mol. The van der Waals surface area contributed by atoms with Crippen LogP contribution < -0.4 is 0 Å². The summed E-state index contributed by atoms with van der Waals surface area (Å²) in [6.45, 7) is 7.73. The predicted molar refractivity (Wildman–Crippen MR) is 84.4 cm³/mol. The number of unbranched alkanes of at least 4 members (excludes halogenated alkanes) is 1. The Morgan fingerprint density at radius 1 is 1.14 bits per heavy atom. The van der Waals surface area contributed by atoms with E-state index in [1.54, 1.807) is 6.07 Å². The molecule has 0 bridgehead atoms. The molecule has 1 aromatic rings. The fraction of sp³-hybridized carbons (Fsp3) is 0.588. The van der Waals surface area contributed by atoms with E-state index in [-0.39, 0.29) is 23.3 Å². The van der Waals surface area contributed by atoms with Crippen LogP contribution in [0.25, 0.3) is 0 Å². The number of hydrogen-bond donors (Lipinski definition) is 2. The molecular formula is C17H27NO3. The van der Waals surface area contributed by atoms with E-state index in [1.807, 2.05) is 11.8 Å². The molecule has 21 heavy (non-hydrogen) atoms. The fourth-order valence-electron chi connectivity index (χ4n) is 2.40. The van der Waals surface area contributed by atoms with Gasteiger partial charge in [-0.15, -0.1) is 0 Å². The third kappa shape index (κ3) is 5.29. The quantitative estimate of drug-likeness (QED) is 0.723. The van der Waals surface area contributed by atoms with Crippen LogP contribution in [0.1, 0.15) is 45.6 Å². The highest BCUT2D eigenvalue weighted by Gasteiger charge is 2.20. The lowest BCUT2D eigenvalue weighted by molar-refractivity contribution is -0.135. The lowest BCUT2D eigenvalue weighted by atomic mass is 9.99. The van der Waals surface area contributed by atoms with Gasteiger partial charge in [0.2, 0.25) is 5.91 Å². The summed E-state index contributed by atoms with van der Waals surface area (Å²) in [5, 5.41) is 18.8. The average molecular weight is 293 g/mol. The van der Waals surface area contributed by atoms with Gasteiger partial charge in [-0.3, -0.25) is 4.79 Å². The Morgan fingerprint density at radius 2 is 1.86 bits per heavy atom. The number of phenols is 2. The maximum atomic E-state index is 12.5. The minimum Gasteiger partial charge on any atom is -0.504 e. The molecule has 0 heterocycles. The van der Waals surface area contributed by atoms with Gasteiger partial charge in [-0.1, -0.05) is 33.3 Å². The molecule has 1 rings (SSSR count). The molecule has 4 heteroatoms. The van der Waals surface area contributed by atoms with Crippen molar-refractivity contribution >= 4 is 5.91 Å². The summed E-state index contributed by atoms with van der Waals surface area (Å²) in [5.74, 6) is -0.230. The van der Waals surface area contributed by atoms with E-state index in [9.17, 15) is 15.0 Å². The Kier molecular flexibility index (Phi) is 7.06. The van der Waals surface area contributed by atoms with Crippen molar-refractivity contribution in [2.75, 3.05) is 13.1 Å². The van der Waals surface area contributed by atoms with Gasteiger partial charge in [0, 0.05) is 19.0 Å². The highest BCUT2D eigenvalue weighted by atomic mass is 16.3. The van der Waals surface area contributed by atoms with Gasteiger partial charge in [-0.25, -0.2) is 0 Å². The van der Waals surface area contributed by atoms with Gasteiger partial charge >= 0.3 is 0 Å². The standard InChI is InChI=1S/C17H27NO3/c1-4-6-10-18(9-5-2)17(21)13(3)11-14-7-8-15(19)16(20)12-14/h7-8,12-13,19-20H,4-6,9-11H2,1-3H3. The Morgan fingerprint density at radius 3 is 2.43 bits per heavy atom. The zero-order chi connectivity index (χ0) is 15.8. The fourth-order valence-corrected chi connectivity index (χ4v) is 2.40. The van der Waals surface area contributed by atoms with Crippen LogP contribution in [-0.4, -0.2) is 34.1 Å². The molecule has 1 atom stereocenters. The van der Waals surface area contributed by atoms with Crippen molar-refractivity contribution in [3.63, 3.8) is 0 Å². The second-order valence-corrected chi connectivity index (χ2v) is 5.61. The van der Waals surface area contributed by atoms with Gasteiger partial charge in [-0.2, -0.15) is 0 Å². The maximum Gasteiger partial charge on any atom is 0.225 e. The van der Waals surface area contributed by atoms with Crippen LogP contribution in [0, 0.1) is 5.92 Å². The van der Waals surface area contributed by atoms with Gasteiger partial charge in [0.25, 0.3) is 0 Å². The largest absolute Gasteiger partial charge is 0.504 e. The van der Waals surface area contributed by atoms with Crippen LogP contribution in [0.15, 0.2) is 18.2 Å². The Balaban J connectivity index is 2.68. The third-order valence-electron chi connectivity index (χ3n) is 3.59. The molecule has 0 saturated heterocycles. The third-order valence-corrected chi connectivity index (χ3v) is 3.59. The molecule has 0 aliphatic carbocycles. The smallest absolute Gasteiger partial charge is 0.225 e. The molecule has 1 aromatic carbocycles. The number of carbonyl (C=O) groups excluding carboxylic acids is 1. The van der Waals surface area contributed by atoms with E-state index in [4.69, 9.17) is 0 Å². The first kappa shape index (κ1) is 17.3. The number of amides is 1. The Bertz CT molecular complexity index is 459. The maximum absolute atomic E-state index is 12.5. The topological polar surface area (TPSA) is 60.8 Å². The highest BCUT2D eigenvalue weighted by molar-refractivity contribution is 5.78. The molecule has 1 amide bonds. The van der Waals surface area contributed by atoms with Crippen molar-refractivity contribution < 1.29 is 15.0 Å². The number of rotatable bonds is 8. The van der Waals surface area contributed by atoms with E-state index in [1.165, 1.54) is 12.1 Å². The van der Waals surface area contributed by atoms with Crippen LogP contribution in [0.4, 0.5) is 0 Å². The summed E-state index contributed by atoms with van der Waals surface area (Å²) < 4.78 is 0. The van der Waals surface area contributed by atoms with E-state index in [0.717, 1.165) is 37.9 Å². The summed E-state index contributed by atoms with van der Waals surface area (Å²) in [5.41, 5.74) is 0.859. The zero-order valence-electron chi connectivity index (χ0n) is 13.3. The first-order valence-electron chi connectivity index (χ1n) is 7.79. The first-order valence-corrected chi connectivity index (χ1v) is 7.79. The molecule has 0 aliphatic rings. The van der Waals surface area contributed by atoms with Gasteiger partial charge in [-0.05, 0) is 37.0 Å². The minimum atomic E-state index is -0.136. The van der Waals surface area contributed by atoms with E-state index >= 15 is 0 Å². The van der Waals surface area contributed by atoms with Crippen molar-refractivity contribution in [3.05, 3.63) is 23.8 Å². The lowest BCUT2D eigenvalue weighted by Crippen LogP contribution is -2.37. The molecular weight excluding hydrogens is 266 g/mol. The molecule has 0 aliphatic heterocycles. The Hall–Kier alpha value is -1.71. The first-order chi connectivity index (χ1) is 9.99. The van der Waals surface area contributed by atoms with Gasteiger partial charge < -0.3 is 15.1 Å². The molecule has 0 aromatic heterocycles. The summed E-state index contributed by atoms with van der Waals surface area (Å²) in [7, 11) is 0. The summed E-state index contributed by atoms with van der Waals surface area (Å²) in [6, 6.07) is 4.73. The molecule has 0 saturated carbocycles. The van der Waals surface area contributed by atoms with Crippen molar-refractivity contribution in [1.29, 1.82) is 0 Å². The molecule has 0 radical (unpaired) electrons. The molecule has 0 spiro atoms. The SMILES string of the molecule is CCCCN(CCC)C(=O)C(C)Cc1ccc(O)c(O)c1. The van der Waals surface area contributed by atoms with Crippen LogP contribution >= 0.6 is 0 Å². The molecule has 118 valence electrons. The highest BCUT2D eigenvalue weighted by Crippen LogP contribution is 2.26. The van der Waals surface area contributed by atoms with Crippen molar-refractivity contribution in [3.8, 4) is 11.5 Å². The van der Waals surface area contributed by atoms with Crippen molar-refractivity contribution in [2.45, 2.75) is 46.5 Å². The zero-order valence-corrected chi connectivity index (χ0v) is 13.3.